The number of aliphatic hydroxyl groups excluding tert-OH is 1. The Morgan fingerprint density at radius 3 is 1.78 bits per heavy atom. The summed E-state index contributed by atoms with van der Waals surface area (Å²) >= 11 is 0. The van der Waals surface area contributed by atoms with Gasteiger partial charge in [-0.2, -0.15) is 0 Å². The molecule has 0 aliphatic heterocycles. The molecule has 0 fully saturated rings. The maximum Gasteiger partial charge on any atom is 0.328 e. The summed E-state index contributed by atoms with van der Waals surface area (Å²) in [6, 6.07) is 17.0. The number of hydrogen-bond donors (Lipinski definition) is 5. The van der Waals surface area contributed by atoms with Crippen LogP contribution in [0.15, 0.2) is 78.9 Å². The van der Waals surface area contributed by atoms with Gasteiger partial charge >= 0.3 is 11.9 Å². The van der Waals surface area contributed by atoms with Crippen molar-refractivity contribution in [3.8, 4) is 5.75 Å². The number of aliphatic hydroxyl groups is 1. The number of carboxylic acids is 4. The predicted octanol–water partition coefficient (Wildman–Crippen LogP) is -2.14. The third kappa shape index (κ3) is 21.5. The van der Waals surface area contributed by atoms with E-state index in [1.54, 1.807) is 0 Å². The molecule has 13 nitrogen and oxygen atoms in total. The predicted molar refractivity (Wildman–Crippen MR) is 159 cm³/mol. The van der Waals surface area contributed by atoms with E-state index in [0.717, 1.165) is 17.9 Å². The number of carbonyl (C=O) groups is 5. The fraction of sp³-hybridized carbons (Fsp3) is 0.344. The number of rotatable bonds is 16. The average molecular weight is 631 g/mol. The Morgan fingerprint density at radius 2 is 1.36 bits per heavy atom. The second-order valence-electron chi connectivity index (χ2n) is 10.2. The highest BCUT2D eigenvalue weighted by Crippen LogP contribution is 2.15. The van der Waals surface area contributed by atoms with Crippen LogP contribution in [-0.2, 0) is 19.2 Å². The van der Waals surface area contributed by atoms with Gasteiger partial charge in [0.2, 0.25) is 0 Å². The molecular weight excluding hydrogens is 588 g/mol. The number of benzene rings is 2. The van der Waals surface area contributed by atoms with Gasteiger partial charge in [-0.1, -0.05) is 37.3 Å². The number of hydrogen-bond acceptors (Lipinski definition) is 9. The van der Waals surface area contributed by atoms with Crippen molar-refractivity contribution in [2.75, 3.05) is 33.8 Å². The second kappa shape index (κ2) is 22.7. The van der Waals surface area contributed by atoms with Crippen LogP contribution in [0.2, 0.25) is 0 Å². The largest absolute Gasteiger partial charge is 0.545 e. The van der Waals surface area contributed by atoms with Crippen molar-refractivity contribution in [3.05, 3.63) is 90.0 Å². The number of nitrogens with one attached hydrogen (secondary N) is 1. The van der Waals surface area contributed by atoms with E-state index in [-0.39, 0.29) is 11.8 Å². The van der Waals surface area contributed by atoms with Gasteiger partial charge in [0.25, 0.3) is 0 Å². The molecule has 0 spiro atoms. The fourth-order valence-corrected chi connectivity index (χ4v) is 3.71. The quantitative estimate of drug-likeness (QED) is 0.0994. The van der Waals surface area contributed by atoms with Gasteiger partial charge in [0.1, 0.15) is 17.9 Å². The second-order valence-corrected chi connectivity index (χ2v) is 10.2. The summed E-state index contributed by atoms with van der Waals surface area (Å²) in [5.74, 6) is -4.22. The first-order valence-corrected chi connectivity index (χ1v) is 14.0. The number of Topliss-reactive ketones (excluding diaryl/α,β-unsaturated/α-hetero) is 1. The van der Waals surface area contributed by atoms with E-state index in [4.69, 9.17) is 14.9 Å². The van der Waals surface area contributed by atoms with E-state index in [0.29, 0.717) is 55.4 Å². The van der Waals surface area contributed by atoms with E-state index in [1.165, 1.54) is 4.90 Å². The van der Waals surface area contributed by atoms with Crippen LogP contribution in [0.25, 0.3) is 0 Å². The summed E-state index contributed by atoms with van der Waals surface area (Å²) in [6.07, 6.45) is 1.78. The lowest BCUT2D eigenvalue weighted by Crippen LogP contribution is -3.06. The topological polar surface area (TPSA) is 222 Å². The molecular formula is C32H42N2O11. The molecule has 0 amide bonds. The molecule has 246 valence electrons. The maximum atomic E-state index is 12.4. The Morgan fingerprint density at radius 1 is 0.844 bits per heavy atom. The van der Waals surface area contributed by atoms with Crippen LogP contribution < -0.4 is 25.2 Å². The molecule has 0 bridgehead atoms. The molecule has 0 saturated heterocycles. The van der Waals surface area contributed by atoms with Gasteiger partial charge in [-0.15, -0.1) is 0 Å². The summed E-state index contributed by atoms with van der Waals surface area (Å²) in [6.45, 7) is 6.54. The number of carbonyl (C=O) groups excluding carboxylic acids is 3. The van der Waals surface area contributed by atoms with Crippen molar-refractivity contribution in [3.63, 3.8) is 0 Å². The lowest BCUT2D eigenvalue weighted by molar-refractivity contribution is -0.861. The van der Waals surface area contributed by atoms with Crippen LogP contribution in [0.5, 0.6) is 5.75 Å². The zero-order valence-electron chi connectivity index (χ0n) is 25.8. The first-order chi connectivity index (χ1) is 21.1. The fourth-order valence-electron chi connectivity index (χ4n) is 3.71. The van der Waals surface area contributed by atoms with Crippen molar-refractivity contribution in [1.82, 2.24) is 0 Å². The average Bonchev–Trinajstić information content (AvgIpc) is 2.98. The third-order valence-electron chi connectivity index (χ3n) is 5.74. The smallest absolute Gasteiger partial charge is 0.328 e. The lowest BCUT2D eigenvalue weighted by atomic mass is 10.0. The zero-order chi connectivity index (χ0) is 34.4. The minimum absolute atomic E-state index is 0.00744. The van der Waals surface area contributed by atoms with Crippen molar-refractivity contribution in [1.29, 1.82) is 0 Å². The van der Waals surface area contributed by atoms with E-state index < -0.39 is 30.0 Å². The van der Waals surface area contributed by atoms with Gasteiger partial charge in [-0.05, 0) is 48.9 Å². The van der Waals surface area contributed by atoms with Crippen LogP contribution in [-0.4, -0.2) is 84.8 Å². The summed E-state index contributed by atoms with van der Waals surface area (Å²) in [7, 11) is 4.27. The molecule has 0 aliphatic rings. The summed E-state index contributed by atoms with van der Waals surface area (Å²) < 4.78 is 5.83. The van der Waals surface area contributed by atoms with E-state index in [9.17, 15) is 39.3 Å². The molecule has 45 heavy (non-hydrogen) atoms. The van der Waals surface area contributed by atoms with Crippen molar-refractivity contribution < 1.29 is 64.5 Å². The van der Waals surface area contributed by atoms with Gasteiger partial charge in [-0.25, -0.2) is 9.59 Å². The Hall–Kier alpha value is -4.85. The Kier molecular flexibility index (Phi) is 20.2. The maximum absolute atomic E-state index is 12.4. The Bertz CT molecular complexity index is 1190. The summed E-state index contributed by atoms with van der Waals surface area (Å²) in [5, 5.41) is 46.9. The molecule has 0 saturated carbocycles. The number of ether oxygens (including phenoxy) is 1. The molecule has 0 radical (unpaired) electrons. The van der Waals surface area contributed by atoms with Crippen LogP contribution in [0, 0.1) is 5.92 Å². The number of nitrogens with two attached hydrogens (primary N) is 1. The molecule has 0 aromatic heterocycles. The van der Waals surface area contributed by atoms with Gasteiger partial charge in [0.05, 0.1) is 52.2 Å². The molecule has 0 heterocycles. The Labute approximate surface area is 262 Å². The van der Waals surface area contributed by atoms with Crippen LogP contribution >= 0.6 is 0 Å². The molecule has 0 aliphatic carbocycles. The molecule has 3 atom stereocenters. The molecule has 6 N–H and O–H groups in total. The number of carboxylic acid groups (broad SMARTS) is 4. The summed E-state index contributed by atoms with van der Waals surface area (Å²) in [5.41, 5.74) is 1.60. The molecule has 13 heteroatoms. The standard InChI is InChI=1S/C24H34N2O3.2C4H4O4/c1-18(16-26(3)4)17-29-22-12-10-20(11-13-22)23(27)14-15-25-19(2)24(28)21-8-6-5-7-9-21;2*5-3(6)1-2-4(7)8/h5-13,18-19,24-25,28H,14-17H2,1-4H3;2*1-2H,(H,5,6)(H,7,8)/b;2*2-1+. The zero-order valence-corrected chi connectivity index (χ0v) is 25.8. The number of aliphatic carboxylic acids is 4. The first kappa shape index (κ1) is 40.1. The molecule has 3 unspecified atom stereocenters. The van der Waals surface area contributed by atoms with Gasteiger partial charge in [-0.3, -0.25) is 4.79 Å². The van der Waals surface area contributed by atoms with Gasteiger partial charge in [0.15, 0.2) is 5.78 Å². The van der Waals surface area contributed by atoms with Gasteiger partial charge < -0.3 is 50.1 Å². The first-order valence-electron chi connectivity index (χ1n) is 14.0. The normalized spacial score (nSPS) is 12.7. The van der Waals surface area contributed by atoms with E-state index in [1.807, 2.05) is 66.8 Å². The Balaban J connectivity index is 0.000000991. The van der Waals surface area contributed by atoms with Crippen molar-refractivity contribution in [2.24, 2.45) is 5.92 Å². The monoisotopic (exact) mass is 630 g/mol. The minimum atomic E-state index is -1.51. The van der Waals surface area contributed by atoms with Crippen LogP contribution in [0.4, 0.5) is 0 Å². The highest BCUT2D eigenvalue weighted by atomic mass is 16.5. The molecule has 2 rings (SSSR count). The van der Waals surface area contributed by atoms with Crippen LogP contribution in [0.1, 0.15) is 42.3 Å². The van der Waals surface area contributed by atoms with Gasteiger partial charge in [0, 0.05) is 23.6 Å². The highest BCUT2D eigenvalue weighted by Gasteiger charge is 2.19. The SMILES string of the molecule is CC(COc1ccc(C(=O)CC[NH2+]C(C)C(O)c2ccccc2)cc1)C[NH+](C)C.O=C([O-])/C=C/C(=O)O.O=C([O-])/C=C/C(=O)O. The number of quaternary nitrogens is 2. The highest BCUT2D eigenvalue weighted by molar-refractivity contribution is 5.96. The van der Waals surface area contributed by atoms with Crippen molar-refractivity contribution in [2.45, 2.75) is 32.4 Å². The van der Waals surface area contributed by atoms with E-state index >= 15 is 0 Å². The lowest BCUT2D eigenvalue weighted by Gasteiger charge is -2.17. The third-order valence-corrected chi connectivity index (χ3v) is 5.74. The molecule has 2 aromatic carbocycles. The molecule has 2 aromatic rings. The number of ketones is 1. The minimum Gasteiger partial charge on any atom is -0.545 e. The van der Waals surface area contributed by atoms with E-state index in [2.05, 4.69) is 21.0 Å². The van der Waals surface area contributed by atoms with Crippen molar-refractivity contribution >= 4 is 29.7 Å². The summed E-state index contributed by atoms with van der Waals surface area (Å²) in [4.78, 5) is 51.8. The van der Waals surface area contributed by atoms with Crippen LogP contribution in [0.3, 0.4) is 0 Å².